The second kappa shape index (κ2) is 6.23. The highest BCUT2D eigenvalue weighted by molar-refractivity contribution is 5.60. The van der Waals surface area contributed by atoms with E-state index in [9.17, 15) is 0 Å². The van der Waals surface area contributed by atoms with Gasteiger partial charge in [-0.2, -0.15) is 0 Å². The Morgan fingerprint density at radius 2 is 2.06 bits per heavy atom. The van der Waals surface area contributed by atoms with Crippen molar-refractivity contribution < 1.29 is 9.47 Å². The summed E-state index contributed by atoms with van der Waals surface area (Å²) in [5.41, 5.74) is 7.53. The molecule has 1 rings (SSSR count). The number of hydrogen-bond acceptors (Lipinski definition) is 4. The summed E-state index contributed by atoms with van der Waals surface area (Å²) in [5.74, 6) is 0.776. The molecule has 0 aliphatic carbocycles. The normalized spacial score (nSPS) is 10.2. The molecular weight excluding hydrogens is 204 g/mol. The van der Waals surface area contributed by atoms with Crippen LogP contribution in [-0.2, 0) is 4.74 Å². The zero-order chi connectivity index (χ0) is 12.0. The fourth-order valence-electron chi connectivity index (χ4n) is 1.42. The maximum Gasteiger partial charge on any atom is 0.122 e. The standard InChI is InChI=1S/C12H20N2O2/c1-4-16-6-5-14(2)11-7-10(13)8-12(9-11)15-3/h7-9H,4-6,13H2,1-3H3. The number of benzene rings is 1. The van der Waals surface area contributed by atoms with Crippen molar-refractivity contribution in [2.24, 2.45) is 0 Å². The van der Waals surface area contributed by atoms with Crippen molar-refractivity contribution in [3.63, 3.8) is 0 Å². The third-order valence-electron chi connectivity index (χ3n) is 2.37. The van der Waals surface area contributed by atoms with E-state index in [0.29, 0.717) is 12.3 Å². The molecule has 0 aromatic heterocycles. The number of anilines is 2. The molecule has 4 heteroatoms. The minimum Gasteiger partial charge on any atom is -0.497 e. The molecule has 0 bridgehead atoms. The number of methoxy groups -OCH3 is 1. The lowest BCUT2D eigenvalue weighted by Gasteiger charge is -2.20. The Hall–Kier alpha value is -1.42. The summed E-state index contributed by atoms with van der Waals surface area (Å²) in [6.45, 7) is 4.28. The number of nitrogen functional groups attached to an aromatic ring is 1. The van der Waals surface area contributed by atoms with Crippen molar-refractivity contribution in [2.75, 3.05) is 44.5 Å². The first-order chi connectivity index (χ1) is 7.67. The molecule has 0 saturated heterocycles. The van der Waals surface area contributed by atoms with Gasteiger partial charge in [0, 0.05) is 43.7 Å². The van der Waals surface area contributed by atoms with Crippen LogP contribution in [0.25, 0.3) is 0 Å². The Bertz CT molecular complexity index is 329. The van der Waals surface area contributed by atoms with Crippen LogP contribution in [0.1, 0.15) is 6.92 Å². The molecule has 4 nitrogen and oxygen atoms in total. The van der Waals surface area contributed by atoms with Crippen molar-refractivity contribution >= 4 is 11.4 Å². The molecule has 2 N–H and O–H groups in total. The van der Waals surface area contributed by atoms with E-state index in [1.165, 1.54) is 0 Å². The first-order valence-electron chi connectivity index (χ1n) is 5.40. The Morgan fingerprint density at radius 1 is 1.31 bits per heavy atom. The summed E-state index contributed by atoms with van der Waals surface area (Å²) in [6, 6.07) is 5.69. The molecule has 0 radical (unpaired) electrons. The van der Waals surface area contributed by atoms with Crippen LogP contribution < -0.4 is 15.4 Å². The predicted molar refractivity (Wildman–Crippen MR) is 67.2 cm³/mol. The molecule has 0 saturated carbocycles. The van der Waals surface area contributed by atoms with Gasteiger partial charge in [0.1, 0.15) is 5.75 Å². The quantitative estimate of drug-likeness (QED) is 0.590. The zero-order valence-electron chi connectivity index (χ0n) is 10.2. The average molecular weight is 224 g/mol. The molecule has 0 aliphatic heterocycles. The van der Waals surface area contributed by atoms with E-state index in [-0.39, 0.29) is 0 Å². The van der Waals surface area contributed by atoms with E-state index in [4.69, 9.17) is 15.2 Å². The molecule has 16 heavy (non-hydrogen) atoms. The minimum atomic E-state index is 0.706. The van der Waals surface area contributed by atoms with E-state index in [1.807, 2.05) is 26.1 Å². The lowest BCUT2D eigenvalue weighted by atomic mass is 10.2. The molecule has 0 spiro atoms. The number of hydrogen-bond donors (Lipinski definition) is 1. The fourth-order valence-corrected chi connectivity index (χ4v) is 1.42. The molecule has 0 heterocycles. The number of nitrogens with zero attached hydrogens (tertiary/aromatic N) is 1. The van der Waals surface area contributed by atoms with E-state index < -0.39 is 0 Å². The largest absolute Gasteiger partial charge is 0.497 e. The highest BCUT2D eigenvalue weighted by Gasteiger charge is 2.04. The van der Waals surface area contributed by atoms with Crippen molar-refractivity contribution in [1.29, 1.82) is 0 Å². The van der Waals surface area contributed by atoms with Crippen LogP contribution in [0.15, 0.2) is 18.2 Å². The summed E-state index contributed by atoms with van der Waals surface area (Å²) in [6.07, 6.45) is 0. The van der Waals surface area contributed by atoms with Gasteiger partial charge in [-0.15, -0.1) is 0 Å². The molecule has 0 amide bonds. The molecule has 0 atom stereocenters. The third-order valence-corrected chi connectivity index (χ3v) is 2.37. The van der Waals surface area contributed by atoms with Gasteiger partial charge in [-0.25, -0.2) is 0 Å². The minimum absolute atomic E-state index is 0.706. The monoisotopic (exact) mass is 224 g/mol. The highest BCUT2D eigenvalue weighted by atomic mass is 16.5. The van der Waals surface area contributed by atoms with E-state index in [1.54, 1.807) is 13.2 Å². The Labute approximate surface area is 96.9 Å². The molecule has 0 unspecified atom stereocenters. The predicted octanol–water partition coefficient (Wildman–Crippen LogP) is 1.75. The van der Waals surface area contributed by atoms with Crippen LogP contribution in [0.4, 0.5) is 11.4 Å². The van der Waals surface area contributed by atoms with Gasteiger partial charge in [0.25, 0.3) is 0 Å². The first-order valence-corrected chi connectivity index (χ1v) is 5.40. The van der Waals surface area contributed by atoms with Crippen LogP contribution in [0.5, 0.6) is 5.75 Å². The zero-order valence-corrected chi connectivity index (χ0v) is 10.2. The smallest absolute Gasteiger partial charge is 0.122 e. The average Bonchev–Trinajstić information content (AvgIpc) is 2.28. The number of ether oxygens (including phenoxy) is 2. The molecule has 1 aromatic carbocycles. The lowest BCUT2D eigenvalue weighted by molar-refractivity contribution is 0.154. The van der Waals surface area contributed by atoms with Crippen molar-refractivity contribution in [3.8, 4) is 5.75 Å². The van der Waals surface area contributed by atoms with Crippen LogP contribution in [-0.4, -0.2) is 33.9 Å². The third kappa shape index (κ3) is 3.62. The van der Waals surface area contributed by atoms with Crippen molar-refractivity contribution in [1.82, 2.24) is 0 Å². The maximum absolute atomic E-state index is 5.79. The Balaban J connectivity index is 2.66. The summed E-state index contributed by atoms with van der Waals surface area (Å²) in [4.78, 5) is 2.09. The molecule has 1 aromatic rings. The fraction of sp³-hybridized carbons (Fsp3) is 0.500. The van der Waals surface area contributed by atoms with Crippen molar-refractivity contribution in [3.05, 3.63) is 18.2 Å². The van der Waals surface area contributed by atoms with Crippen molar-refractivity contribution in [2.45, 2.75) is 6.92 Å². The van der Waals surface area contributed by atoms with Gasteiger partial charge in [-0.1, -0.05) is 0 Å². The van der Waals surface area contributed by atoms with Crippen LogP contribution in [0, 0.1) is 0 Å². The number of nitrogens with two attached hydrogens (primary N) is 1. The van der Waals surface area contributed by atoms with Gasteiger partial charge in [-0.05, 0) is 13.0 Å². The van der Waals surface area contributed by atoms with E-state index >= 15 is 0 Å². The van der Waals surface area contributed by atoms with Crippen LogP contribution >= 0.6 is 0 Å². The summed E-state index contributed by atoms with van der Waals surface area (Å²) < 4.78 is 10.5. The second-order valence-corrected chi connectivity index (χ2v) is 3.58. The number of rotatable bonds is 6. The van der Waals surface area contributed by atoms with Gasteiger partial charge < -0.3 is 20.1 Å². The Morgan fingerprint density at radius 3 is 2.69 bits per heavy atom. The van der Waals surface area contributed by atoms with Gasteiger partial charge in [0.05, 0.1) is 13.7 Å². The lowest BCUT2D eigenvalue weighted by Crippen LogP contribution is -2.22. The van der Waals surface area contributed by atoms with Crippen LogP contribution in [0.2, 0.25) is 0 Å². The second-order valence-electron chi connectivity index (χ2n) is 3.58. The van der Waals surface area contributed by atoms with Crippen LogP contribution in [0.3, 0.4) is 0 Å². The van der Waals surface area contributed by atoms with Gasteiger partial charge in [-0.3, -0.25) is 0 Å². The first kappa shape index (κ1) is 12.6. The van der Waals surface area contributed by atoms with E-state index in [2.05, 4.69) is 4.90 Å². The maximum atomic E-state index is 5.79. The van der Waals surface area contributed by atoms with Gasteiger partial charge >= 0.3 is 0 Å². The summed E-state index contributed by atoms with van der Waals surface area (Å²) in [5, 5.41) is 0. The highest BCUT2D eigenvalue weighted by Crippen LogP contribution is 2.24. The Kier molecular flexibility index (Phi) is 4.92. The molecular formula is C12H20N2O2. The van der Waals surface area contributed by atoms with E-state index in [0.717, 1.165) is 24.6 Å². The molecule has 0 fully saturated rings. The number of likely N-dealkylation sites (N-methyl/N-ethyl adjacent to an activating group) is 1. The topological polar surface area (TPSA) is 47.7 Å². The molecule has 90 valence electrons. The summed E-state index contributed by atoms with van der Waals surface area (Å²) in [7, 11) is 3.64. The SMILES string of the molecule is CCOCCN(C)c1cc(N)cc(OC)c1. The summed E-state index contributed by atoms with van der Waals surface area (Å²) >= 11 is 0. The molecule has 0 aliphatic rings. The van der Waals surface area contributed by atoms with Gasteiger partial charge in [0.2, 0.25) is 0 Å². The van der Waals surface area contributed by atoms with Gasteiger partial charge in [0.15, 0.2) is 0 Å².